The van der Waals surface area contributed by atoms with Crippen LogP contribution < -0.4 is 51.4 Å². The molecule has 0 aromatic carbocycles. The largest absolute Gasteiger partial charge is 1.00 e. The van der Waals surface area contributed by atoms with Gasteiger partial charge in [0.2, 0.25) is 0 Å². The molecule has 2 nitrogen and oxygen atoms in total. The Morgan fingerprint density at radius 1 is 1.09 bits per heavy atom. The zero-order valence-corrected chi connectivity index (χ0v) is 13.4. The quantitative estimate of drug-likeness (QED) is 0.392. The average Bonchev–Trinajstić information content (AvgIpc) is 1.90. The Bertz CT molecular complexity index is 86.5. The summed E-state index contributed by atoms with van der Waals surface area (Å²) in [5.74, 6) is 0. The molecule has 1 radical (unpaired) electrons. The van der Waals surface area contributed by atoms with Gasteiger partial charge in [0.15, 0.2) is 0 Å². The van der Waals surface area contributed by atoms with Crippen LogP contribution in [0.25, 0.3) is 0 Å². The molecule has 0 aromatic rings. The molecule has 0 bridgehead atoms. The Morgan fingerprint density at radius 2 is 1.55 bits per heavy atom. The Kier molecular flexibility index (Phi) is 21.0. The van der Waals surface area contributed by atoms with Crippen molar-refractivity contribution >= 4 is 6.41 Å². The summed E-state index contributed by atoms with van der Waals surface area (Å²) in [6.07, 6.45) is 5.49. The Morgan fingerprint density at radius 3 is 1.82 bits per heavy atom. The molecule has 1 aliphatic rings. The molecule has 0 aliphatic carbocycles. The fourth-order valence-corrected chi connectivity index (χ4v) is 0.985. The number of carbonyl (C=O) groups excluding carboxylic acids is 1. The molecule has 0 aromatic heterocycles. The molecule has 1 saturated heterocycles. The monoisotopic (exact) mass is 255 g/mol. The van der Waals surface area contributed by atoms with Gasteiger partial charge < -0.3 is 17.1 Å². The Balaban J connectivity index is -0.000000213. The zero-order chi connectivity index (χ0) is 5.82. The first-order chi connectivity index (χ1) is 3.93. The van der Waals surface area contributed by atoms with Crippen molar-refractivity contribution in [3.8, 4) is 0 Å². The van der Waals surface area contributed by atoms with E-state index < -0.39 is 0 Å². The fourth-order valence-electron chi connectivity index (χ4n) is 0.985. The maximum absolute atomic E-state index is 9.96. The van der Waals surface area contributed by atoms with E-state index in [2.05, 4.69) is 0 Å². The predicted molar refractivity (Wildman–Crippen MR) is 37.5 cm³/mol. The summed E-state index contributed by atoms with van der Waals surface area (Å²) in [5.41, 5.74) is 0. The molecule has 0 atom stereocenters. The molecule has 0 unspecified atom stereocenters. The molecule has 57 valence electrons. The SMILES string of the molecule is O=[C-]N1CCCCC1.[CH3-].[K+].[Y]. The molecular weight excluding hydrogens is 242 g/mol. The van der Waals surface area contributed by atoms with E-state index in [1.54, 1.807) is 4.90 Å². The van der Waals surface area contributed by atoms with Crippen LogP contribution in [0.5, 0.6) is 0 Å². The summed E-state index contributed by atoms with van der Waals surface area (Å²) in [6.45, 7) is 1.84. The van der Waals surface area contributed by atoms with Gasteiger partial charge in [-0.3, -0.25) is 0 Å². The van der Waals surface area contributed by atoms with Crippen molar-refractivity contribution < 1.29 is 88.9 Å². The molecule has 0 saturated carbocycles. The topological polar surface area (TPSA) is 20.3 Å². The van der Waals surface area contributed by atoms with Crippen molar-refractivity contribution in [1.82, 2.24) is 4.90 Å². The number of nitrogens with zero attached hydrogens (tertiary/aromatic N) is 1. The van der Waals surface area contributed by atoms with Crippen molar-refractivity contribution in [3.63, 3.8) is 0 Å². The Labute approximate surface area is 137 Å². The second-order valence-corrected chi connectivity index (χ2v) is 2.14. The van der Waals surface area contributed by atoms with E-state index in [1.165, 1.54) is 6.42 Å². The predicted octanol–water partition coefficient (Wildman–Crippen LogP) is -2.01. The first kappa shape index (κ1) is 18.9. The van der Waals surface area contributed by atoms with E-state index in [4.69, 9.17) is 0 Å². The van der Waals surface area contributed by atoms with Gasteiger partial charge in [0.1, 0.15) is 0 Å². The van der Waals surface area contributed by atoms with Crippen molar-refractivity contribution in [2.24, 2.45) is 0 Å². The summed E-state index contributed by atoms with van der Waals surface area (Å²) in [7, 11) is 0. The second-order valence-electron chi connectivity index (χ2n) is 2.14. The van der Waals surface area contributed by atoms with Gasteiger partial charge in [-0.05, 0) is 25.9 Å². The normalized spacial score (nSPS) is 15.1. The van der Waals surface area contributed by atoms with Crippen molar-refractivity contribution in [2.45, 2.75) is 19.3 Å². The second kappa shape index (κ2) is 12.2. The number of hydrogen-bond acceptors (Lipinski definition) is 1. The van der Waals surface area contributed by atoms with E-state index >= 15 is 0 Å². The number of hydrogen-bond donors (Lipinski definition) is 0. The van der Waals surface area contributed by atoms with E-state index in [1.807, 2.05) is 6.41 Å². The van der Waals surface area contributed by atoms with Crippen molar-refractivity contribution in [3.05, 3.63) is 7.43 Å². The van der Waals surface area contributed by atoms with Gasteiger partial charge in [0, 0.05) is 32.7 Å². The minimum Gasteiger partial charge on any atom is -0.520 e. The van der Waals surface area contributed by atoms with E-state index in [0.29, 0.717) is 0 Å². The molecule has 1 fully saturated rings. The number of amides is 1. The van der Waals surface area contributed by atoms with Gasteiger partial charge in [-0.25, -0.2) is 0 Å². The van der Waals surface area contributed by atoms with Gasteiger partial charge in [-0.1, -0.05) is 6.42 Å². The van der Waals surface area contributed by atoms with Crippen LogP contribution in [0.2, 0.25) is 0 Å². The van der Waals surface area contributed by atoms with Crippen LogP contribution in [-0.2, 0) is 37.5 Å². The third-order valence-corrected chi connectivity index (χ3v) is 1.49. The summed E-state index contributed by atoms with van der Waals surface area (Å²) in [6, 6.07) is 0. The summed E-state index contributed by atoms with van der Waals surface area (Å²) < 4.78 is 0. The van der Waals surface area contributed by atoms with Gasteiger partial charge in [0.05, 0.1) is 0 Å². The maximum Gasteiger partial charge on any atom is 1.00 e. The molecule has 1 heterocycles. The van der Waals surface area contributed by atoms with Crippen molar-refractivity contribution in [2.75, 3.05) is 13.1 Å². The Hall–Kier alpha value is 2.21. The van der Waals surface area contributed by atoms with Gasteiger partial charge in [-0.15, -0.1) is 0 Å². The van der Waals surface area contributed by atoms with Crippen LogP contribution >= 0.6 is 0 Å². The first-order valence-corrected chi connectivity index (χ1v) is 3.06. The van der Waals surface area contributed by atoms with E-state index in [9.17, 15) is 4.79 Å². The third kappa shape index (κ3) is 8.54. The molecule has 1 aliphatic heterocycles. The molecule has 4 heteroatoms. The average molecular weight is 255 g/mol. The molecule has 0 spiro atoms. The van der Waals surface area contributed by atoms with E-state index in [-0.39, 0.29) is 91.5 Å². The van der Waals surface area contributed by atoms with Crippen LogP contribution in [0, 0.1) is 7.43 Å². The molecular formula is C7H13KNOY-. The van der Waals surface area contributed by atoms with Crippen LogP contribution in [0.4, 0.5) is 0 Å². The molecule has 1 amide bonds. The summed E-state index contributed by atoms with van der Waals surface area (Å²) in [4.78, 5) is 11.7. The zero-order valence-electron chi connectivity index (χ0n) is 7.47. The van der Waals surface area contributed by atoms with Crippen LogP contribution in [-0.4, -0.2) is 24.4 Å². The molecule has 0 N–H and O–H groups in total. The minimum atomic E-state index is 0. The van der Waals surface area contributed by atoms with Crippen LogP contribution in [0.3, 0.4) is 0 Å². The number of piperidine rings is 1. The van der Waals surface area contributed by atoms with E-state index in [0.717, 1.165) is 25.9 Å². The van der Waals surface area contributed by atoms with Gasteiger partial charge in [0.25, 0.3) is 0 Å². The number of likely N-dealkylation sites (tertiary alicyclic amines) is 1. The summed E-state index contributed by atoms with van der Waals surface area (Å²) >= 11 is 0. The minimum absolute atomic E-state index is 0. The third-order valence-electron chi connectivity index (χ3n) is 1.49. The molecule has 11 heavy (non-hydrogen) atoms. The maximum atomic E-state index is 9.96. The van der Waals surface area contributed by atoms with Crippen LogP contribution in [0.15, 0.2) is 0 Å². The number of rotatable bonds is 1. The fraction of sp³-hybridized carbons (Fsp3) is 0.714. The van der Waals surface area contributed by atoms with Crippen molar-refractivity contribution in [1.29, 1.82) is 0 Å². The standard InChI is InChI=1S/C6H10NO.CH3.K.Y/c8-6-7-4-2-1-3-5-7;;;/h1-5H2;1H3;;/q2*-1;+1;. The molecule has 1 rings (SSSR count). The van der Waals surface area contributed by atoms with Gasteiger partial charge in [-0.2, -0.15) is 6.41 Å². The van der Waals surface area contributed by atoms with Gasteiger partial charge >= 0.3 is 51.4 Å². The van der Waals surface area contributed by atoms with Crippen LogP contribution in [0.1, 0.15) is 19.3 Å². The smallest absolute Gasteiger partial charge is 0.520 e. The first-order valence-electron chi connectivity index (χ1n) is 3.06. The summed E-state index contributed by atoms with van der Waals surface area (Å²) in [5, 5.41) is 0.